The van der Waals surface area contributed by atoms with Crippen LogP contribution in [-0.2, 0) is 11.2 Å². The third-order valence-corrected chi connectivity index (χ3v) is 3.65. The largest absolute Gasteiger partial charge is 0.353 e. The van der Waals surface area contributed by atoms with Crippen LogP contribution in [0.1, 0.15) is 30.5 Å². The van der Waals surface area contributed by atoms with Gasteiger partial charge in [0.15, 0.2) is 0 Å². The number of halogens is 2. The van der Waals surface area contributed by atoms with Crippen LogP contribution in [0.3, 0.4) is 0 Å². The highest BCUT2D eigenvalue weighted by molar-refractivity contribution is 5.85. The van der Waals surface area contributed by atoms with E-state index in [2.05, 4.69) is 10.3 Å². The predicted molar refractivity (Wildman–Crippen MR) is 85.5 cm³/mol. The molecule has 1 aliphatic rings. The Balaban J connectivity index is 0.00000180. The van der Waals surface area contributed by atoms with Gasteiger partial charge in [-0.25, -0.2) is 0 Å². The molecule has 1 amide bonds. The molecule has 1 fully saturated rings. The zero-order valence-corrected chi connectivity index (χ0v) is 13.3. The van der Waals surface area contributed by atoms with E-state index in [1.54, 1.807) is 6.20 Å². The first-order chi connectivity index (χ1) is 8.69. The maximum Gasteiger partial charge on any atom is 0.224 e. The minimum absolute atomic E-state index is 0. The molecule has 2 rings (SSSR count). The second kappa shape index (κ2) is 9.16. The van der Waals surface area contributed by atoms with E-state index >= 15 is 0 Å². The lowest BCUT2D eigenvalue weighted by Crippen LogP contribution is -2.40. The number of nitrogens with two attached hydrogens (primary N) is 1. The van der Waals surface area contributed by atoms with Gasteiger partial charge in [-0.2, -0.15) is 0 Å². The molecule has 1 heterocycles. The molecule has 1 aliphatic carbocycles. The average Bonchev–Trinajstić information content (AvgIpc) is 2.79. The summed E-state index contributed by atoms with van der Waals surface area (Å²) in [7, 11) is 0. The number of amides is 1. The number of nitrogens with one attached hydrogen (secondary N) is 1. The van der Waals surface area contributed by atoms with Crippen LogP contribution in [0.25, 0.3) is 0 Å². The summed E-state index contributed by atoms with van der Waals surface area (Å²) >= 11 is 0. The van der Waals surface area contributed by atoms with E-state index in [1.807, 2.05) is 19.1 Å². The first-order valence-corrected chi connectivity index (χ1v) is 6.60. The topological polar surface area (TPSA) is 68.0 Å². The van der Waals surface area contributed by atoms with Gasteiger partial charge in [0.1, 0.15) is 0 Å². The fourth-order valence-electron chi connectivity index (χ4n) is 2.56. The van der Waals surface area contributed by atoms with Crippen LogP contribution in [0.15, 0.2) is 18.3 Å². The molecule has 20 heavy (non-hydrogen) atoms. The zero-order valence-electron chi connectivity index (χ0n) is 11.7. The fourth-order valence-corrected chi connectivity index (χ4v) is 2.56. The van der Waals surface area contributed by atoms with Gasteiger partial charge in [0.25, 0.3) is 0 Å². The highest BCUT2D eigenvalue weighted by atomic mass is 35.5. The van der Waals surface area contributed by atoms with Gasteiger partial charge in [0.05, 0.1) is 6.42 Å². The van der Waals surface area contributed by atoms with Gasteiger partial charge in [-0.3, -0.25) is 9.78 Å². The summed E-state index contributed by atoms with van der Waals surface area (Å²) in [5, 5.41) is 3.10. The molecule has 0 aliphatic heterocycles. The Morgan fingerprint density at radius 3 is 2.75 bits per heavy atom. The van der Waals surface area contributed by atoms with E-state index in [0.29, 0.717) is 18.9 Å². The summed E-state index contributed by atoms with van der Waals surface area (Å²) in [5.74, 6) is 0.524. The monoisotopic (exact) mass is 319 g/mol. The Kier molecular flexibility index (Phi) is 8.78. The van der Waals surface area contributed by atoms with Crippen LogP contribution in [0.4, 0.5) is 0 Å². The summed E-state index contributed by atoms with van der Waals surface area (Å²) in [6.45, 7) is 2.60. The van der Waals surface area contributed by atoms with Gasteiger partial charge in [-0.05, 0) is 43.9 Å². The van der Waals surface area contributed by atoms with Gasteiger partial charge in [0, 0.05) is 17.9 Å². The lowest BCUT2D eigenvalue weighted by atomic mass is 10.0. The van der Waals surface area contributed by atoms with Crippen molar-refractivity contribution in [3.8, 4) is 0 Å². The summed E-state index contributed by atoms with van der Waals surface area (Å²) in [6.07, 6.45) is 5.53. The second-order valence-corrected chi connectivity index (χ2v) is 5.09. The van der Waals surface area contributed by atoms with Crippen molar-refractivity contribution < 1.29 is 4.79 Å². The molecule has 1 aromatic heterocycles. The molecule has 1 saturated carbocycles. The number of aromatic nitrogens is 1. The number of carbonyl (C=O) groups is 1. The first-order valence-electron chi connectivity index (χ1n) is 6.60. The molecular weight excluding hydrogens is 297 g/mol. The number of carbonyl (C=O) groups excluding carboxylic acids is 1. The van der Waals surface area contributed by atoms with Crippen LogP contribution >= 0.6 is 24.8 Å². The maximum atomic E-state index is 11.9. The maximum absolute atomic E-state index is 11.9. The molecule has 6 heteroatoms. The Bertz CT molecular complexity index is 411. The van der Waals surface area contributed by atoms with Crippen molar-refractivity contribution in [2.24, 2.45) is 11.7 Å². The summed E-state index contributed by atoms with van der Waals surface area (Å²) in [4.78, 5) is 16.1. The molecule has 114 valence electrons. The third kappa shape index (κ3) is 5.27. The predicted octanol–water partition coefficient (Wildman–Crippen LogP) is 2.02. The fraction of sp³-hybridized carbons (Fsp3) is 0.571. The van der Waals surface area contributed by atoms with Crippen molar-refractivity contribution in [3.05, 3.63) is 29.6 Å². The van der Waals surface area contributed by atoms with Crippen molar-refractivity contribution in [2.45, 2.75) is 38.6 Å². The van der Waals surface area contributed by atoms with E-state index in [0.717, 1.165) is 24.1 Å². The van der Waals surface area contributed by atoms with Crippen molar-refractivity contribution in [3.63, 3.8) is 0 Å². The van der Waals surface area contributed by atoms with E-state index < -0.39 is 0 Å². The van der Waals surface area contributed by atoms with Crippen LogP contribution in [-0.4, -0.2) is 23.5 Å². The van der Waals surface area contributed by atoms with Crippen LogP contribution in [0, 0.1) is 12.8 Å². The smallest absolute Gasteiger partial charge is 0.224 e. The number of pyridine rings is 1. The molecule has 0 spiro atoms. The molecule has 0 saturated heterocycles. The minimum Gasteiger partial charge on any atom is -0.353 e. The molecule has 0 bridgehead atoms. The summed E-state index contributed by atoms with van der Waals surface area (Å²) in [6, 6.07) is 4.15. The SMILES string of the molecule is Cc1ccc(CC(=O)NC2CCCC2CN)cn1.Cl.Cl. The Hall–Kier alpha value is -0.840. The Morgan fingerprint density at radius 2 is 2.15 bits per heavy atom. The molecule has 0 aromatic carbocycles. The zero-order chi connectivity index (χ0) is 13.0. The quantitative estimate of drug-likeness (QED) is 0.892. The van der Waals surface area contributed by atoms with Crippen molar-refractivity contribution in [2.75, 3.05) is 6.54 Å². The van der Waals surface area contributed by atoms with Crippen LogP contribution in [0.2, 0.25) is 0 Å². The van der Waals surface area contributed by atoms with Crippen LogP contribution in [0.5, 0.6) is 0 Å². The number of nitrogens with zero attached hydrogens (tertiary/aromatic N) is 1. The van der Waals surface area contributed by atoms with Gasteiger partial charge in [0.2, 0.25) is 5.91 Å². The van der Waals surface area contributed by atoms with Gasteiger partial charge >= 0.3 is 0 Å². The van der Waals surface area contributed by atoms with Crippen molar-refractivity contribution >= 4 is 30.7 Å². The highest BCUT2D eigenvalue weighted by Gasteiger charge is 2.27. The normalized spacial score (nSPS) is 20.7. The van der Waals surface area contributed by atoms with Crippen molar-refractivity contribution in [1.29, 1.82) is 0 Å². The van der Waals surface area contributed by atoms with Gasteiger partial charge in [-0.15, -0.1) is 24.8 Å². The highest BCUT2D eigenvalue weighted by Crippen LogP contribution is 2.24. The molecule has 4 nitrogen and oxygen atoms in total. The van der Waals surface area contributed by atoms with E-state index in [1.165, 1.54) is 6.42 Å². The molecule has 1 aromatic rings. The van der Waals surface area contributed by atoms with E-state index in [-0.39, 0.29) is 36.8 Å². The standard InChI is InChI=1S/C14H21N3O.2ClH/c1-10-5-6-11(9-16-10)7-14(18)17-13-4-2-3-12(13)8-15;;/h5-6,9,12-13H,2-4,7-8,15H2,1H3,(H,17,18);2*1H. The molecule has 3 N–H and O–H groups in total. The molecule has 2 atom stereocenters. The van der Waals surface area contributed by atoms with E-state index in [9.17, 15) is 4.79 Å². The molecule has 0 radical (unpaired) electrons. The first kappa shape index (κ1) is 19.2. The molecular formula is C14H23Cl2N3O. The molecule has 2 unspecified atom stereocenters. The minimum atomic E-state index is 0. The lowest BCUT2D eigenvalue weighted by molar-refractivity contribution is -0.121. The number of aryl methyl sites for hydroxylation is 1. The van der Waals surface area contributed by atoms with Gasteiger partial charge in [-0.1, -0.05) is 12.5 Å². The Labute approximate surface area is 132 Å². The summed E-state index contributed by atoms with van der Waals surface area (Å²) < 4.78 is 0. The van der Waals surface area contributed by atoms with E-state index in [4.69, 9.17) is 5.73 Å². The average molecular weight is 320 g/mol. The number of hydrogen-bond acceptors (Lipinski definition) is 3. The number of rotatable bonds is 4. The van der Waals surface area contributed by atoms with Gasteiger partial charge < -0.3 is 11.1 Å². The Morgan fingerprint density at radius 1 is 1.40 bits per heavy atom. The third-order valence-electron chi connectivity index (χ3n) is 3.65. The summed E-state index contributed by atoms with van der Waals surface area (Å²) in [5.41, 5.74) is 7.64. The van der Waals surface area contributed by atoms with Crippen molar-refractivity contribution in [1.82, 2.24) is 10.3 Å². The van der Waals surface area contributed by atoms with Crippen LogP contribution < -0.4 is 11.1 Å². The second-order valence-electron chi connectivity index (χ2n) is 5.09. The lowest BCUT2D eigenvalue weighted by Gasteiger charge is -2.19. The number of hydrogen-bond donors (Lipinski definition) is 2.